The molecule has 0 spiro atoms. The van der Waals surface area contributed by atoms with Gasteiger partial charge in [-0.1, -0.05) is 111 Å². The first kappa shape index (κ1) is 54.9. The molecule has 65 heavy (non-hydrogen) atoms. The van der Waals surface area contributed by atoms with E-state index in [1.807, 2.05) is 116 Å². The molecule has 3 amide bonds. The van der Waals surface area contributed by atoms with E-state index in [1.165, 1.54) is 6.92 Å². The number of carbonyl (C=O) groups excluding carboxylic acids is 7. The predicted octanol–water partition coefficient (Wildman–Crippen LogP) is 6.02. The lowest BCUT2D eigenvalue weighted by molar-refractivity contribution is -0.164. The third-order valence-electron chi connectivity index (χ3n) is 11.4. The van der Waals surface area contributed by atoms with Crippen LogP contribution in [0, 0.1) is 36.0 Å². The predicted molar refractivity (Wildman–Crippen MR) is 260 cm³/mol. The molecule has 2 aromatic rings. The van der Waals surface area contributed by atoms with Crippen LogP contribution in [-0.2, 0) is 55.9 Å². The van der Waals surface area contributed by atoms with Crippen LogP contribution >= 0.6 is 22.6 Å². The Morgan fingerprint density at radius 2 is 1.40 bits per heavy atom. The fraction of sp³-hybridized carbons (Fsp3) is 0.588. The van der Waals surface area contributed by atoms with Crippen LogP contribution < -0.4 is 16.0 Å². The van der Waals surface area contributed by atoms with Crippen LogP contribution in [0.3, 0.4) is 0 Å². The summed E-state index contributed by atoms with van der Waals surface area (Å²) in [6.07, 6.45) is 7.56. The summed E-state index contributed by atoms with van der Waals surface area (Å²) in [4.78, 5) is 98.0. The maximum absolute atomic E-state index is 14.5. The van der Waals surface area contributed by atoms with Crippen LogP contribution in [-0.4, -0.2) is 107 Å². The van der Waals surface area contributed by atoms with Gasteiger partial charge in [0.15, 0.2) is 17.2 Å². The van der Waals surface area contributed by atoms with Crippen LogP contribution in [0.4, 0.5) is 0 Å². The zero-order chi connectivity index (χ0) is 47.8. The summed E-state index contributed by atoms with van der Waals surface area (Å²) in [5.41, 5.74) is 0.282. The fourth-order valence-corrected chi connectivity index (χ4v) is 8.31. The van der Waals surface area contributed by atoms with Crippen molar-refractivity contribution >= 4 is 63.6 Å². The summed E-state index contributed by atoms with van der Waals surface area (Å²) in [7, 11) is 0. The highest BCUT2D eigenvalue weighted by Gasteiger charge is 2.42. The van der Waals surface area contributed by atoms with E-state index in [4.69, 9.17) is 15.9 Å². The fourth-order valence-electron chi connectivity index (χ4n) is 7.77. The van der Waals surface area contributed by atoms with E-state index in [-0.39, 0.29) is 91.3 Å². The molecular formula is C51H71IN4O9. The number of amides is 3. The van der Waals surface area contributed by atoms with Gasteiger partial charge in [0.1, 0.15) is 5.78 Å². The Morgan fingerprint density at radius 3 is 2.00 bits per heavy atom. The zero-order valence-corrected chi connectivity index (χ0v) is 41.2. The normalized spacial score (nSPS) is 15.7. The highest BCUT2D eigenvalue weighted by molar-refractivity contribution is 14.1. The molecule has 1 heterocycles. The summed E-state index contributed by atoms with van der Waals surface area (Å²) in [6, 6.07) is 17.1. The van der Waals surface area contributed by atoms with Gasteiger partial charge in [-0.05, 0) is 68.4 Å². The van der Waals surface area contributed by atoms with E-state index in [9.17, 15) is 33.6 Å². The molecule has 2 aromatic carbocycles. The van der Waals surface area contributed by atoms with Crippen molar-refractivity contribution in [2.75, 3.05) is 43.8 Å². The van der Waals surface area contributed by atoms with Gasteiger partial charge >= 0.3 is 5.97 Å². The number of alkyl halides is 1. The third-order valence-corrected chi connectivity index (χ3v) is 12.8. The number of rotatable bonds is 30. The minimum atomic E-state index is -1.57. The Morgan fingerprint density at radius 1 is 0.815 bits per heavy atom. The van der Waals surface area contributed by atoms with E-state index in [2.05, 4.69) is 21.9 Å². The molecule has 0 unspecified atom stereocenters. The van der Waals surface area contributed by atoms with Crippen molar-refractivity contribution in [3.05, 3.63) is 71.8 Å². The van der Waals surface area contributed by atoms with E-state index in [0.29, 0.717) is 58.4 Å². The van der Waals surface area contributed by atoms with Crippen molar-refractivity contribution in [3.8, 4) is 12.3 Å². The number of terminal acetylenes is 1. The van der Waals surface area contributed by atoms with Crippen molar-refractivity contribution < 1.29 is 43.0 Å². The Balaban J connectivity index is 1.82. The SMILES string of the molecule is C#CCCC(=O)NCCCC(=O)O[C@](C)(CI)C(=O)[C@H](CC(C)C)NC(=O)[C@@H](CC(=O)[C@H](CC(C)C)NC(=O)[C@H](CCc1ccccc1)CC(=O)CN1CCOCC1)Cc1ccccc1. The Hall–Kier alpha value is -4.46. The van der Waals surface area contributed by atoms with Gasteiger partial charge in [0.2, 0.25) is 17.7 Å². The van der Waals surface area contributed by atoms with E-state index >= 15 is 0 Å². The summed E-state index contributed by atoms with van der Waals surface area (Å²) < 4.78 is 11.4. The Bertz CT molecular complexity index is 1880. The largest absolute Gasteiger partial charge is 0.450 e. The standard InChI is InChI=1S/C51H71IN4O9/c1-7-8-20-46(59)53-24-15-21-47(60)65-51(6,35-52)48(61)44(30-37(4)5)55-50(63)41(31-39-18-13-10-14-19-39)33-45(58)43(29-36(2)3)54-49(62)40(23-22-38-16-11-9-12-17-38)32-42(57)34-56-25-27-64-28-26-56/h1,9-14,16-19,36-37,40-41,43-44H,8,15,20-35H2,2-6H3,(H,53,59)(H,54,62)(H,55,63)/t40-,41-,43+,44+,51-/m1/s1. The molecular weight excluding hydrogens is 939 g/mol. The van der Waals surface area contributed by atoms with E-state index in [1.54, 1.807) is 0 Å². The van der Waals surface area contributed by atoms with Gasteiger partial charge in [0.05, 0.1) is 31.8 Å². The molecule has 3 N–H and O–H groups in total. The first-order valence-corrected chi connectivity index (χ1v) is 24.6. The Kier molecular flexibility index (Phi) is 24.7. The minimum absolute atomic E-state index is 0.00992. The average molecular weight is 1010 g/mol. The van der Waals surface area contributed by atoms with Crippen LogP contribution in [0.5, 0.6) is 0 Å². The number of carbonyl (C=O) groups is 7. The lowest BCUT2D eigenvalue weighted by Gasteiger charge is -2.32. The van der Waals surface area contributed by atoms with Crippen molar-refractivity contribution in [1.82, 2.24) is 20.9 Å². The van der Waals surface area contributed by atoms with Crippen molar-refractivity contribution in [2.24, 2.45) is 23.7 Å². The smallest absolute Gasteiger partial charge is 0.306 e. The summed E-state index contributed by atoms with van der Waals surface area (Å²) in [5, 5.41) is 8.70. The highest BCUT2D eigenvalue weighted by atomic mass is 127. The molecule has 1 fully saturated rings. The number of Topliss-reactive ketones (excluding diaryl/α,β-unsaturated/α-hetero) is 3. The zero-order valence-electron chi connectivity index (χ0n) is 39.0. The number of esters is 1. The molecule has 0 aliphatic carbocycles. The Labute approximate surface area is 400 Å². The molecule has 1 saturated heterocycles. The number of morpholine rings is 1. The van der Waals surface area contributed by atoms with Gasteiger partial charge in [-0.15, -0.1) is 12.3 Å². The second kappa shape index (κ2) is 29.2. The number of ether oxygens (including phenoxy) is 2. The van der Waals surface area contributed by atoms with Gasteiger partial charge in [-0.2, -0.15) is 0 Å². The first-order valence-electron chi connectivity index (χ1n) is 23.1. The summed E-state index contributed by atoms with van der Waals surface area (Å²) in [5.74, 6) is -1.75. The van der Waals surface area contributed by atoms with Crippen molar-refractivity contribution in [2.45, 2.75) is 123 Å². The van der Waals surface area contributed by atoms with E-state index < -0.39 is 47.2 Å². The number of nitrogens with one attached hydrogen (secondary N) is 3. The maximum atomic E-state index is 14.5. The molecule has 5 atom stereocenters. The van der Waals surface area contributed by atoms with Crippen LogP contribution in [0.15, 0.2) is 60.7 Å². The summed E-state index contributed by atoms with van der Waals surface area (Å²) >= 11 is 1.99. The van der Waals surface area contributed by atoms with Crippen LogP contribution in [0.2, 0.25) is 0 Å². The monoisotopic (exact) mass is 1010 g/mol. The van der Waals surface area contributed by atoms with Gasteiger partial charge in [0.25, 0.3) is 0 Å². The number of halogens is 1. The molecule has 13 nitrogen and oxygen atoms in total. The molecule has 0 aromatic heterocycles. The molecule has 1 aliphatic heterocycles. The van der Waals surface area contributed by atoms with Crippen molar-refractivity contribution in [1.29, 1.82) is 0 Å². The number of benzene rings is 2. The van der Waals surface area contributed by atoms with Gasteiger partial charge in [-0.25, -0.2) is 0 Å². The topological polar surface area (TPSA) is 177 Å². The first-order chi connectivity index (χ1) is 31.0. The second-order valence-electron chi connectivity index (χ2n) is 18.2. The molecule has 1 aliphatic rings. The average Bonchev–Trinajstić information content (AvgIpc) is 3.28. The van der Waals surface area contributed by atoms with Gasteiger partial charge in [0, 0.05) is 68.0 Å². The molecule has 0 saturated carbocycles. The molecule has 14 heteroatoms. The molecule has 3 rings (SSSR count). The molecule has 0 radical (unpaired) electrons. The number of hydrogen-bond donors (Lipinski definition) is 3. The van der Waals surface area contributed by atoms with Crippen LogP contribution in [0.1, 0.15) is 104 Å². The quantitative estimate of drug-likeness (QED) is 0.0276. The third kappa shape index (κ3) is 20.7. The van der Waals surface area contributed by atoms with Gasteiger partial charge < -0.3 is 25.4 Å². The summed E-state index contributed by atoms with van der Waals surface area (Å²) in [6.45, 7) is 12.1. The lowest BCUT2D eigenvalue weighted by Crippen LogP contribution is -2.55. The maximum Gasteiger partial charge on any atom is 0.306 e. The van der Waals surface area contributed by atoms with Crippen molar-refractivity contribution in [3.63, 3.8) is 0 Å². The second-order valence-corrected chi connectivity index (χ2v) is 18.9. The van der Waals surface area contributed by atoms with E-state index in [0.717, 1.165) is 11.1 Å². The number of ketones is 3. The number of nitrogens with zero attached hydrogens (tertiary/aromatic N) is 1. The molecule has 356 valence electrons. The lowest BCUT2D eigenvalue weighted by atomic mass is 9.87. The van der Waals surface area contributed by atoms with Crippen LogP contribution in [0.25, 0.3) is 0 Å². The molecule has 0 bridgehead atoms. The number of hydrogen-bond acceptors (Lipinski definition) is 10. The highest BCUT2D eigenvalue weighted by Crippen LogP contribution is 2.24. The number of aryl methyl sites for hydroxylation is 1. The minimum Gasteiger partial charge on any atom is -0.450 e. The van der Waals surface area contributed by atoms with Gasteiger partial charge in [-0.3, -0.25) is 38.5 Å².